The van der Waals surface area contributed by atoms with E-state index in [0.29, 0.717) is 11.3 Å². The van der Waals surface area contributed by atoms with E-state index in [1.807, 2.05) is 31.2 Å². The fourth-order valence-electron chi connectivity index (χ4n) is 3.65. The molecule has 0 aliphatic carbocycles. The van der Waals surface area contributed by atoms with Gasteiger partial charge in [0.1, 0.15) is 11.6 Å². The van der Waals surface area contributed by atoms with Gasteiger partial charge in [-0.1, -0.05) is 35.9 Å². The first-order chi connectivity index (χ1) is 14.2. The van der Waals surface area contributed by atoms with Crippen molar-refractivity contribution in [2.45, 2.75) is 52.7 Å². The van der Waals surface area contributed by atoms with Gasteiger partial charge in [-0.2, -0.15) is 0 Å². The van der Waals surface area contributed by atoms with Crippen molar-refractivity contribution in [1.82, 2.24) is 4.90 Å². The third-order valence-corrected chi connectivity index (χ3v) is 5.21. The van der Waals surface area contributed by atoms with Crippen LogP contribution in [-0.2, 0) is 20.9 Å². The van der Waals surface area contributed by atoms with Gasteiger partial charge in [0.25, 0.3) is 0 Å². The minimum absolute atomic E-state index is 0.0613. The van der Waals surface area contributed by atoms with Crippen molar-refractivity contribution in [3.63, 3.8) is 0 Å². The summed E-state index contributed by atoms with van der Waals surface area (Å²) in [5, 5.41) is 0. The Balaban J connectivity index is 2.04. The second-order valence-corrected chi connectivity index (χ2v) is 7.84. The Kier molecular flexibility index (Phi) is 6.34. The smallest absolute Gasteiger partial charge is 0.336 e. The number of allylic oxidation sites excluding steroid dienone is 1. The molecule has 0 fully saturated rings. The molecule has 3 rings (SSSR count). The summed E-state index contributed by atoms with van der Waals surface area (Å²) in [7, 11) is 0. The van der Waals surface area contributed by atoms with Gasteiger partial charge in [0.05, 0.1) is 18.2 Å². The molecule has 1 amide bonds. The molecule has 1 atom stereocenters. The Bertz CT molecular complexity index is 996. The highest BCUT2D eigenvalue weighted by atomic mass is 19.1. The van der Waals surface area contributed by atoms with Crippen molar-refractivity contribution in [3.8, 4) is 0 Å². The minimum atomic E-state index is -0.734. The number of esters is 1. The lowest BCUT2D eigenvalue weighted by Gasteiger charge is -2.35. The van der Waals surface area contributed by atoms with Crippen LogP contribution in [0.5, 0.6) is 0 Å². The van der Waals surface area contributed by atoms with E-state index in [9.17, 15) is 18.4 Å². The summed E-state index contributed by atoms with van der Waals surface area (Å²) in [4.78, 5) is 27.3. The number of carbonyl (C=O) groups excluding carboxylic acids is 2. The van der Waals surface area contributed by atoms with Crippen molar-refractivity contribution in [2.75, 3.05) is 0 Å². The second kappa shape index (κ2) is 8.78. The summed E-state index contributed by atoms with van der Waals surface area (Å²) in [6, 6.07) is 10.9. The van der Waals surface area contributed by atoms with Crippen molar-refractivity contribution in [3.05, 3.63) is 82.1 Å². The molecule has 6 heteroatoms. The summed E-state index contributed by atoms with van der Waals surface area (Å²) < 4.78 is 32.9. The molecule has 4 nitrogen and oxygen atoms in total. The largest absolute Gasteiger partial charge is 0.460 e. The van der Waals surface area contributed by atoms with Crippen LogP contribution in [0, 0.1) is 18.6 Å². The lowest BCUT2D eigenvalue weighted by molar-refractivity contribution is -0.143. The molecule has 1 aliphatic rings. The summed E-state index contributed by atoms with van der Waals surface area (Å²) in [6.45, 7) is 7.05. The van der Waals surface area contributed by atoms with E-state index < -0.39 is 23.5 Å². The molecule has 0 bridgehead atoms. The zero-order valence-corrected chi connectivity index (χ0v) is 17.5. The SMILES string of the molecule is CC1=C(C(=O)OC(C)C)[C@H](c2ccc(C)cc2)CC(=O)N1Cc1ccc(F)cc1F. The predicted molar refractivity (Wildman–Crippen MR) is 109 cm³/mol. The Morgan fingerprint density at radius 3 is 2.40 bits per heavy atom. The van der Waals surface area contributed by atoms with Gasteiger partial charge in [0.15, 0.2) is 0 Å². The number of rotatable bonds is 5. The number of hydrogen-bond donors (Lipinski definition) is 0. The Morgan fingerprint density at radius 2 is 1.80 bits per heavy atom. The van der Waals surface area contributed by atoms with Crippen LogP contribution in [0.15, 0.2) is 53.7 Å². The van der Waals surface area contributed by atoms with Crippen LogP contribution in [0.3, 0.4) is 0 Å². The molecule has 0 radical (unpaired) electrons. The molecule has 0 unspecified atom stereocenters. The monoisotopic (exact) mass is 413 g/mol. The number of aryl methyl sites for hydroxylation is 1. The molecular formula is C24H25F2NO3. The van der Waals surface area contributed by atoms with Gasteiger partial charge < -0.3 is 9.64 Å². The van der Waals surface area contributed by atoms with E-state index in [1.54, 1.807) is 20.8 Å². The van der Waals surface area contributed by atoms with E-state index in [4.69, 9.17) is 4.74 Å². The van der Waals surface area contributed by atoms with Crippen LogP contribution in [0.2, 0.25) is 0 Å². The molecule has 0 saturated carbocycles. The van der Waals surface area contributed by atoms with Crippen LogP contribution < -0.4 is 0 Å². The normalized spacial score (nSPS) is 17.0. The van der Waals surface area contributed by atoms with Gasteiger partial charge in [-0.25, -0.2) is 13.6 Å². The fraction of sp³-hybridized carbons (Fsp3) is 0.333. The maximum atomic E-state index is 14.2. The highest BCUT2D eigenvalue weighted by molar-refractivity contribution is 5.96. The Labute approximate surface area is 175 Å². The van der Waals surface area contributed by atoms with E-state index in [1.165, 1.54) is 11.0 Å². The first kappa shape index (κ1) is 21.7. The topological polar surface area (TPSA) is 46.6 Å². The van der Waals surface area contributed by atoms with Crippen LogP contribution in [0.25, 0.3) is 0 Å². The highest BCUT2D eigenvalue weighted by Gasteiger charge is 2.37. The van der Waals surface area contributed by atoms with Crippen molar-refractivity contribution >= 4 is 11.9 Å². The third-order valence-electron chi connectivity index (χ3n) is 5.21. The Hall–Kier alpha value is -3.02. The van der Waals surface area contributed by atoms with E-state index in [2.05, 4.69) is 0 Å². The first-order valence-corrected chi connectivity index (χ1v) is 9.90. The van der Waals surface area contributed by atoms with Crippen LogP contribution >= 0.6 is 0 Å². The van der Waals surface area contributed by atoms with Crippen molar-refractivity contribution < 1.29 is 23.1 Å². The summed E-state index contributed by atoms with van der Waals surface area (Å²) in [5.74, 6) is -2.59. The lowest BCUT2D eigenvalue weighted by Crippen LogP contribution is -2.38. The number of benzene rings is 2. The summed E-state index contributed by atoms with van der Waals surface area (Å²) in [6.07, 6.45) is -0.261. The molecule has 0 aromatic heterocycles. The van der Waals surface area contributed by atoms with Crippen LogP contribution in [0.4, 0.5) is 8.78 Å². The quantitative estimate of drug-likeness (QED) is 0.647. The molecular weight excluding hydrogens is 388 g/mol. The molecule has 0 N–H and O–H groups in total. The van der Waals surface area contributed by atoms with Crippen LogP contribution in [-0.4, -0.2) is 22.9 Å². The zero-order chi connectivity index (χ0) is 22.0. The molecule has 1 heterocycles. The molecule has 2 aromatic rings. The van der Waals surface area contributed by atoms with E-state index in [-0.39, 0.29) is 30.5 Å². The lowest BCUT2D eigenvalue weighted by atomic mass is 9.83. The number of nitrogens with zero attached hydrogens (tertiary/aromatic N) is 1. The maximum absolute atomic E-state index is 14.2. The van der Waals surface area contributed by atoms with E-state index in [0.717, 1.165) is 23.3 Å². The van der Waals surface area contributed by atoms with Gasteiger partial charge in [0, 0.05) is 29.7 Å². The van der Waals surface area contributed by atoms with Crippen molar-refractivity contribution in [1.29, 1.82) is 0 Å². The number of hydrogen-bond acceptors (Lipinski definition) is 3. The first-order valence-electron chi connectivity index (χ1n) is 9.90. The predicted octanol–water partition coefficient (Wildman–Crippen LogP) is 5.01. The van der Waals surface area contributed by atoms with Gasteiger partial charge in [0.2, 0.25) is 5.91 Å². The van der Waals surface area contributed by atoms with Gasteiger partial charge in [-0.05, 0) is 39.3 Å². The number of halogens is 2. The standard InChI is InChI=1S/C24H25F2NO3/c1-14(2)30-24(29)23-16(4)27(13-18-9-10-19(25)11-21(18)26)22(28)12-20(23)17-7-5-15(3)6-8-17/h5-11,14,20H,12-13H2,1-4H3/t20-/m0/s1. The maximum Gasteiger partial charge on any atom is 0.336 e. The minimum Gasteiger partial charge on any atom is -0.460 e. The van der Waals surface area contributed by atoms with Gasteiger partial charge >= 0.3 is 5.97 Å². The van der Waals surface area contributed by atoms with E-state index >= 15 is 0 Å². The summed E-state index contributed by atoms with van der Waals surface area (Å²) in [5.41, 5.74) is 2.90. The Morgan fingerprint density at radius 1 is 1.13 bits per heavy atom. The van der Waals surface area contributed by atoms with Crippen LogP contribution in [0.1, 0.15) is 49.8 Å². The van der Waals surface area contributed by atoms with Gasteiger partial charge in [-0.15, -0.1) is 0 Å². The molecule has 0 spiro atoms. The molecule has 1 aliphatic heterocycles. The van der Waals surface area contributed by atoms with Gasteiger partial charge in [-0.3, -0.25) is 4.79 Å². The number of ether oxygens (including phenoxy) is 1. The molecule has 2 aromatic carbocycles. The highest BCUT2D eigenvalue weighted by Crippen LogP contribution is 2.38. The average molecular weight is 413 g/mol. The molecule has 0 saturated heterocycles. The number of carbonyl (C=O) groups is 2. The van der Waals surface area contributed by atoms with Crippen molar-refractivity contribution in [2.24, 2.45) is 0 Å². The fourth-order valence-corrected chi connectivity index (χ4v) is 3.65. The summed E-state index contributed by atoms with van der Waals surface area (Å²) >= 11 is 0. The average Bonchev–Trinajstić information content (AvgIpc) is 2.66. The second-order valence-electron chi connectivity index (χ2n) is 7.84. The number of amides is 1. The third kappa shape index (κ3) is 4.58. The molecule has 158 valence electrons. The molecule has 30 heavy (non-hydrogen) atoms. The zero-order valence-electron chi connectivity index (χ0n) is 17.5.